The van der Waals surface area contributed by atoms with Crippen LogP contribution in [0.25, 0.3) is 0 Å². The van der Waals surface area contributed by atoms with Gasteiger partial charge >= 0.3 is 0 Å². The topological polar surface area (TPSA) is 47.1 Å². The zero-order valence-electron chi connectivity index (χ0n) is 10.5. The van der Waals surface area contributed by atoms with E-state index in [0.717, 1.165) is 13.1 Å². The predicted molar refractivity (Wildman–Crippen MR) is 68.3 cm³/mol. The largest absolute Gasteiger partial charge is 0.382 e. The van der Waals surface area contributed by atoms with Crippen LogP contribution < -0.4 is 5.73 Å². The molecule has 0 atom stereocenters. The summed E-state index contributed by atoms with van der Waals surface area (Å²) in [6.45, 7) is 8.55. The van der Waals surface area contributed by atoms with Crippen LogP contribution in [0.2, 0.25) is 0 Å². The minimum Gasteiger partial charge on any atom is -0.382 e. The molecule has 0 aliphatic carbocycles. The molecule has 16 heavy (non-hydrogen) atoms. The van der Waals surface area contributed by atoms with E-state index in [1.165, 1.54) is 32.4 Å². The van der Waals surface area contributed by atoms with Crippen LogP contribution in [-0.4, -0.2) is 34.3 Å². The molecule has 0 amide bonds. The Labute approximate surface area is 98.4 Å². The van der Waals surface area contributed by atoms with Crippen LogP contribution in [0.15, 0.2) is 12.3 Å². The summed E-state index contributed by atoms with van der Waals surface area (Å²) in [6, 6.07) is 1.84. The van der Waals surface area contributed by atoms with Gasteiger partial charge in [0.25, 0.3) is 0 Å². The third-order valence-corrected chi connectivity index (χ3v) is 2.76. The van der Waals surface area contributed by atoms with Crippen molar-refractivity contribution in [2.45, 2.75) is 39.7 Å². The molecule has 1 fully saturated rings. The lowest BCUT2D eigenvalue weighted by Crippen LogP contribution is -2.32. The van der Waals surface area contributed by atoms with Crippen LogP contribution in [0.3, 0.4) is 0 Å². The molecule has 0 spiro atoms. The Kier molecular flexibility index (Phi) is 5.93. The molecule has 2 N–H and O–H groups in total. The Hall–Kier alpha value is -1.03. The highest BCUT2D eigenvalue weighted by molar-refractivity contribution is 5.23. The highest BCUT2D eigenvalue weighted by Gasteiger charge is 2.09. The Bertz CT molecular complexity index is 276. The summed E-state index contributed by atoms with van der Waals surface area (Å²) in [5.41, 5.74) is 5.54. The fourth-order valence-electron chi connectivity index (χ4n) is 1.93. The second-order valence-electron chi connectivity index (χ2n) is 3.91. The molecule has 4 nitrogen and oxygen atoms in total. The Balaban J connectivity index is 0.000000606. The van der Waals surface area contributed by atoms with Crippen molar-refractivity contribution in [2.24, 2.45) is 0 Å². The number of nitrogens with two attached hydrogens (primary N) is 1. The molecular weight excluding hydrogens is 200 g/mol. The van der Waals surface area contributed by atoms with Gasteiger partial charge in [0.15, 0.2) is 0 Å². The van der Waals surface area contributed by atoms with Gasteiger partial charge in [-0.15, -0.1) is 0 Å². The van der Waals surface area contributed by atoms with Gasteiger partial charge in [0.05, 0.1) is 6.54 Å². The third-order valence-electron chi connectivity index (χ3n) is 2.76. The van der Waals surface area contributed by atoms with E-state index in [4.69, 9.17) is 5.73 Å². The van der Waals surface area contributed by atoms with Gasteiger partial charge in [0.2, 0.25) is 0 Å². The Morgan fingerprint density at radius 2 is 1.88 bits per heavy atom. The standard InChI is InChI=1S/C10H18N4.C2H6/c11-10-4-7-14(12-10)9-8-13-5-2-1-3-6-13;1-2/h4,7H,1-3,5-6,8-9H2,(H2,11,12);1-2H3. The molecule has 1 saturated heterocycles. The van der Waals surface area contributed by atoms with E-state index in [-0.39, 0.29) is 0 Å². The molecular formula is C12H24N4. The van der Waals surface area contributed by atoms with Crippen molar-refractivity contribution >= 4 is 5.82 Å². The fourth-order valence-corrected chi connectivity index (χ4v) is 1.93. The number of hydrogen-bond acceptors (Lipinski definition) is 3. The maximum absolute atomic E-state index is 5.54. The van der Waals surface area contributed by atoms with E-state index in [1.54, 1.807) is 0 Å². The summed E-state index contributed by atoms with van der Waals surface area (Å²) in [5, 5.41) is 4.16. The van der Waals surface area contributed by atoms with Gasteiger partial charge < -0.3 is 10.6 Å². The first kappa shape index (κ1) is 13.0. The summed E-state index contributed by atoms with van der Waals surface area (Å²) < 4.78 is 1.92. The molecule has 0 aromatic carbocycles. The average Bonchev–Trinajstić information content (AvgIpc) is 2.77. The minimum absolute atomic E-state index is 0.614. The summed E-state index contributed by atoms with van der Waals surface area (Å²) in [5.74, 6) is 0.614. The van der Waals surface area contributed by atoms with Gasteiger partial charge in [-0.1, -0.05) is 20.3 Å². The highest BCUT2D eigenvalue weighted by atomic mass is 15.3. The molecule has 1 aliphatic rings. The summed E-state index contributed by atoms with van der Waals surface area (Å²) in [6.07, 6.45) is 6.03. The van der Waals surface area contributed by atoms with Crippen molar-refractivity contribution in [3.8, 4) is 0 Å². The fraction of sp³-hybridized carbons (Fsp3) is 0.750. The van der Waals surface area contributed by atoms with Crippen molar-refractivity contribution in [2.75, 3.05) is 25.4 Å². The molecule has 4 heteroatoms. The van der Waals surface area contributed by atoms with Crippen molar-refractivity contribution in [3.63, 3.8) is 0 Å². The monoisotopic (exact) mass is 224 g/mol. The second kappa shape index (κ2) is 7.28. The van der Waals surface area contributed by atoms with E-state index >= 15 is 0 Å². The summed E-state index contributed by atoms with van der Waals surface area (Å²) >= 11 is 0. The van der Waals surface area contributed by atoms with Crippen LogP contribution in [0.1, 0.15) is 33.1 Å². The lowest BCUT2D eigenvalue weighted by atomic mass is 10.1. The maximum atomic E-state index is 5.54. The second-order valence-corrected chi connectivity index (χ2v) is 3.91. The zero-order chi connectivity index (χ0) is 11.8. The lowest BCUT2D eigenvalue weighted by Gasteiger charge is -2.26. The minimum atomic E-state index is 0.614. The molecule has 92 valence electrons. The quantitative estimate of drug-likeness (QED) is 0.854. The predicted octanol–water partition coefficient (Wildman–Crippen LogP) is 1.98. The molecule has 2 heterocycles. The van der Waals surface area contributed by atoms with E-state index < -0.39 is 0 Å². The number of nitrogens with zero attached hydrogens (tertiary/aromatic N) is 3. The SMILES string of the molecule is CC.Nc1ccn(CCN2CCCCC2)n1. The molecule has 1 aliphatic heterocycles. The van der Waals surface area contributed by atoms with Gasteiger partial charge in [0, 0.05) is 12.7 Å². The van der Waals surface area contributed by atoms with Gasteiger partial charge in [-0.25, -0.2) is 0 Å². The molecule has 0 unspecified atom stereocenters. The summed E-state index contributed by atoms with van der Waals surface area (Å²) in [4.78, 5) is 2.50. The van der Waals surface area contributed by atoms with Gasteiger partial charge in [-0.05, 0) is 32.0 Å². The van der Waals surface area contributed by atoms with Gasteiger partial charge in [-0.2, -0.15) is 5.10 Å². The van der Waals surface area contributed by atoms with E-state index in [9.17, 15) is 0 Å². The first-order valence-corrected chi connectivity index (χ1v) is 6.36. The summed E-state index contributed by atoms with van der Waals surface area (Å²) in [7, 11) is 0. The number of likely N-dealkylation sites (tertiary alicyclic amines) is 1. The van der Waals surface area contributed by atoms with Crippen molar-refractivity contribution < 1.29 is 0 Å². The van der Waals surface area contributed by atoms with Gasteiger partial charge in [-0.3, -0.25) is 4.68 Å². The Morgan fingerprint density at radius 1 is 1.19 bits per heavy atom. The smallest absolute Gasteiger partial charge is 0.145 e. The number of nitrogen functional groups attached to an aromatic ring is 1. The van der Waals surface area contributed by atoms with E-state index in [0.29, 0.717) is 5.82 Å². The van der Waals surface area contributed by atoms with Gasteiger partial charge in [0.1, 0.15) is 5.82 Å². The lowest BCUT2D eigenvalue weighted by molar-refractivity contribution is 0.218. The molecule has 2 rings (SSSR count). The van der Waals surface area contributed by atoms with E-state index in [1.807, 2.05) is 30.8 Å². The van der Waals surface area contributed by atoms with E-state index in [2.05, 4.69) is 10.00 Å². The number of hydrogen-bond donors (Lipinski definition) is 1. The normalized spacial score (nSPS) is 16.6. The Morgan fingerprint density at radius 3 is 2.44 bits per heavy atom. The van der Waals surface area contributed by atoms with Crippen LogP contribution >= 0.6 is 0 Å². The molecule has 0 saturated carbocycles. The average molecular weight is 224 g/mol. The van der Waals surface area contributed by atoms with Crippen molar-refractivity contribution in [1.82, 2.24) is 14.7 Å². The van der Waals surface area contributed by atoms with Crippen molar-refractivity contribution in [1.29, 1.82) is 0 Å². The molecule has 1 aromatic heterocycles. The number of piperidine rings is 1. The van der Waals surface area contributed by atoms with Crippen LogP contribution in [0, 0.1) is 0 Å². The maximum Gasteiger partial charge on any atom is 0.145 e. The van der Waals surface area contributed by atoms with Crippen LogP contribution in [0.5, 0.6) is 0 Å². The van der Waals surface area contributed by atoms with Crippen LogP contribution in [-0.2, 0) is 6.54 Å². The van der Waals surface area contributed by atoms with Crippen LogP contribution in [0.4, 0.5) is 5.82 Å². The molecule has 0 radical (unpaired) electrons. The number of rotatable bonds is 3. The highest BCUT2D eigenvalue weighted by Crippen LogP contribution is 2.08. The number of aromatic nitrogens is 2. The number of anilines is 1. The first-order valence-electron chi connectivity index (χ1n) is 6.36. The third kappa shape index (κ3) is 4.23. The zero-order valence-corrected chi connectivity index (χ0v) is 10.5. The molecule has 1 aromatic rings. The first-order chi connectivity index (χ1) is 7.84. The van der Waals surface area contributed by atoms with Crippen molar-refractivity contribution in [3.05, 3.63) is 12.3 Å². The molecule has 0 bridgehead atoms.